The van der Waals surface area contributed by atoms with Crippen LogP contribution in [0.2, 0.25) is 5.02 Å². The van der Waals surface area contributed by atoms with Crippen molar-refractivity contribution in [3.05, 3.63) is 45.9 Å². The maximum atomic E-state index is 12.7. The molecular formula is C21H25ClN4O3. The average Bonchev–Trinajstić information content (AvgIpc) is 3.25. The molecule has 1 amide bonds. The Kier molecular flexibility index (Phi) is 5.61. The van der Waals surface area contributed by atoms with Gasteiger partial charge in [0.1, 0.15) is 11.5 Å². The van der Waals surface area contributed by atoms with Crippen molar-refractivity contribution in [2.75, 3.05) is 20.1 Å². The average molecular weight is 417 g/mol. The highest BCUT2D eigenvalue weighted by Crippen LogP contribution is 2.25. The van der Waals surface area contributed by atoms with E-state index in [2.05, 4.69) is 22.3 Å². The summed E-state index contributed by atoms with van der Waals surface area (Å²) in [4.78, 5) is 16.9. The molecule has 29 heavy (non-hydrogen) atoms. The van der Waals surface area contributed by atoms with E-state index in [0.29, 0.717) is 24.0 Å². The number of hydrogen-bond acceptors (Lipinski definition) is 6. The summed E-state index contributed by atoms with van der Waals surface area (Å²) in [5.74, 6) is 0.864. The Bertz CT molecular complexity index is 1000. The third kappa shape index (κ3) is 4.16. The highest BCUT2D eigenvalue weighted by Gasteiger charge is 2.27. The fraction of sp³-hybridized carbons (Fsp3) is 0.476. The monoisotopic (exact) mass is 416 g/mol. The Balaban J connectivity index is 1.34. The lowest BCUT2D eigenvalue weighted by Crippen LogP contribution is -2.45. The lowest BCUT2D eigenvalue weighted by Gasteiger charge is -2.36. The number of rotatable bonds is 5. The summed E-state index contributed by atoms with van der Waals surface area (Å²) in [6.45, 7) is 5.92. The van der Waals surface area contributed by atoms with Gasteiger partial charge in [0.15, 0.2) is 5.58 Å². The van der Waals surface area contributed by atoms with Crippen molar-refractivity contribution in [2.45, 2.75) is 45.7 Å². The maximum Gasteiger partial charge on any atom is 0.227 e. The van der Waals surface area contributed by atoms with Crippen LogP contribution in [0.5, 0.6) is 0 Å². The van der Waals surface area contributed by atoms with Crippen molar-refractivity contribution in [2.24, 2.45) is 0 Å². The van der Waals surface area contributed by atoms with Crippen molar-refractivity contribution in [1.29, 1.82) is 0 Å². The van der Waals surface area contributed by atoms with Crippen LogP contribution in [-0.2, 0) is 17.8 Å². The first-order chi connectivity index (χ1) is 13.9. The van der Waals surface area contributed by atoms with E-state index in [1.165, 1.54) is 0 Å². The normalized spacial score (nSPS) is 15.6. The van der Waals surface area contributed by atoms with Crippen LogP contribution >= 0.6 is 11.6 Å². The summed E-state index contributed by atoms with van der Waals surface area (Å²) < 4.78 is 10.6. The topological polar surface area (TPSA) is 75.6 Å². The zero-order valence-corrected chi connectivity index (χ0v) is 17.7. The van der Waals surface area contributed by atoms with E-state index < -0.39 is 0 Å². The maximum absolute atomic E-state index is 12.7. The van der Waals surface area contributed by atoms with Gasteiger partial charge in [0.25, 0.3) is 0 Å². The van der Waals surface area contributed by atoms with E-state index in [1.807, 2.05) is 30.9 Å². The number of hydrogen-bond donors (Lipinski definition) is 0. The standard InChI is InChI=1S/C21H25ClN4O3/c1-13-17(14(2)28-23-13)11-21(27)26-8-6-16(7-9-26)25(3)12-19-18-10-15(22)4-5-20(18)29-24-19/h4-5,10,16H,6-9,11-12H2,1-3H3. The molecule has 3 heterocycles. The second-order valence-corrected chi connectivity index (χ2v) is 8.21. The molecule has 0 radical (unpaired) electrons. The Morgan fingerprint density at radius 3 is 2.69 bits per heavy atom. The minimum Gasteiger partial charge on any atom is -0.361 e. The van der Waals surface area contributed by atoms with E-state index in [1.54, 1.807) is 6.07 Å². The van der Waals surface area contributed by atoms with Crippen LogP contribution in [0.3, 0.4) is 0 Å². The Morgan fingerprint density at radius 1 is 1.24 bits per heavy atom. The van der Waals surface area contributed by atoms with Crippen molar-refractivity contribution in [3.63, 3.8) is 0 Å². The minimum absolute atomic E-state index is 0.137. The van der Waals surface area contributed by atoms with E-state index in [0.717, 1.165) is 59.6 Å². The third-order valence-electron chi connectivity index (χ3n) is 5.86. The van der Waals surface area contributed by atoms with Gasteiger partial charge in [0.05, 0.1) is 12.1 Å². The molecule has 0 aliphatic carbocycles. The van der Waals surface area contributed by atoms with Crippen LogP contribution in [0, 0.1) is 13.8 Å². The molecule has 0 spiro atoms. The molecule has 2 aromatic heterocycles. The van der Waals surface area contributed by atoms with E-state index >= 15 is 0 Å². The highest BCUT2D eigenvalue weighted by atomic mass is 35.5. The molecule has 1 aromatic carbocycles. The largest absolute Gasteiger partial charge is 0.361 e. The summed E-state index contributed by atoms with van der Waals surface area (Å²) in [6.07, 6.45) is 2.22. The number of halogens is 1. The van der Waals surface area contributed by atoms with E-state index in [9.17, 15) is 4.79 Å². The van der Waals surface area contributed by atoms with Crippen molar-refractivity contribution in [3.8, 4) is 0 Å². The summed E-state index contributed by atoms with van der Waals surface area (Å²) in [5, 5.41) is 9.79. The second kappa shape index (κ2) is 8.16. The van der Waals surface area contributed by atoms with Gasteiger partial charge in [0, 0.05) is 41.6 Å². The Morgan fingerprint density at radius 2 is 2.00 bits per heavy atom. The number of nitrogens with zero attached hydrogens (tertiary/aromatic N) is 4. The molecule has 4 rings (SSSR count). The van der Waals surface area contributed by atoms with Gasteiger partial charge >= 0.3 is 0 Å². The van der Waals surface area contributed by atoms with Gasteiger partial charge in [-0.1, -0.05) is 21.9 Å². The quantitative estimate of drug-likeness (QED) is 0.630. The smallest absolute Gasteiger partial charge is 0.227 e. The first-order valence-electron chi connectivity index (χ1n) is 9.86. The lowest BCUT2D eigenvalue weighted by atomic mass is 10.0. The summed E-state index contributed by atoms with van der Waals surface area (Å²) >= 11 is 6.12. The van der Waals surface area contributed by atoms with Crippen molar-refractivity contribution < 1.29 is 13.8 Å². The molecule has 1 fully saturated rings. The van der Waals surface area contributed by atoms with Crippen molar-refractivity contribution in [1.82, 2.24) is 20.1 Å². The molecule has 1 aliphatic rings. The third-order valence-corrected chi connectivity index (χ3v) is 6.09. The first-order valence-corrected chi connectivity index (χ1v) is 10.2. The summed E-state index contributed by atoms with van der Waals surface area (Å²) in [5.41, 5.74) is 3.34. The van der Waals surface area contributed by atoms with Gasteiger partial charge in [-0.3, -0.25) is 9.69 Å². The van der Waals surface area contributed by atoms with Crippen molar-refractivity contribution >= 4 is 28.5 Å². The van der Waals surface area contributed by atoms with Crippen LogP contribution in [-0.4, -0.2) is 52.2 Å². The number of aryl methyl sites for hydroxylation is 2. The molecule has 0 bridgehead atoms. The molecule has 0 atom stereocenters. The molecule has 1 saturated heterocycles. The van der Waals surface area contributed by atoms with Gasteiger partial charge in [-0.2, -0.15) is 0 Å². The van der Waals surface area contributed by atoms with E-state index in [-0.39, 0.29) is 5.91 Å². The molecule has 0 N–H and O–H groups in total. The number of likely N-dealkylation sites (tertiary alicyclic amines) is 1. The fourth-order valence-electron chi connectivity index (χ4n) is 4.01. The highest BCUT2D eigenvalue weighted by molar-refractivity contribution is 6.31. The Hall–Kier alpha value is -2.38. The zero-order valence-electron chi connectivity index (χ0n) is 16.9. The number of amides is 1. The molecule has 3 aromatic rings. The molecule has 154 valence electrons. The van der Waals surface area contributed by atoms with Gasteiger partial charge in [0.2, 0.25) is 5.91 Å². The molecule has 0 saturated carbocycles. The van der Waals surface area contributed by atoms with Crippen LogP contribution in [0.25, 0.3) is 11.0 Å². The number of benzene rings is 1. The van der Waals surface area contributed by atoms with Gasteiger partial charge in [-0.05, 0) is 51.9 Å². The number of aromatic nitrogens is 2. The van der Waals surface area contributed by atoms with Gasteiger partial charge in [-0.15, -0.1) is 0 Å². The summed E-state index contributed by atoms with van der Waals surface area (Å²) in [6, 6.07) is 5.94. The fourth-order valence-corrected chi connectivity index (χ4v) is 4.19. The molecule has 1 aliphatic heterocycles. The lowest BCUT2D eigenvalue weighted by molar-refractivity contribution is -0.132. The molecular weight excluding hydrogens is 392 g/mol. The minimum atomic E-state index is 0.137. The van der Waals surface area contributed by atoms with Gasteiger partial charge in [-0.25, -0.2) is 0 Å². The summed E-state index contributed by atoms with van der Waals surface area (Å²) in [7, 11) is 2.09. The zero-order chi connectivity index (χ0) is 20.5. The second-order valence-electron chi connectivity index (χ2n) is 7.78. The number of carbonyl (C=O) groups excluding carboxylic acids is 1. The number of carbonyl (C=O) groups is 1. The molecule has 8 heteroatoms. The number of piperidine rings is 1. The molecule has 7 nitrogen and oxygen atoms in total. The Labute approximate surface area is 174 Å². The van der Waals surface area contributed by atoms with Crippen LogP contribution < -0.4 is 0 Å². The van der Waals surface area contributed by atoms with Crippen LogP contribution in [0.1, 0.15) is 35.6 Å². The SMILES string of the molecule is Cc1noc(C)c1CC(=O)N1CCC(N(C)Cc2noc3ccc(Cl)cc23)CC1. The van der Waals surface area contributed by atoms with Crippen LogP contribution in [0.4, 0.5) is 0 Å². The predicted molar refractivity (Wildman–Crippen MR) is 110 cm³/mol. The van der Waals surface area contributed by atoms with Gasteiger partial charge < -0.3 is 13.9 Å². The van der Waals surface area contributed by atoms with Crippen LogP contribution in [0.15, 0.2) is 27.2 Å². The first kappa shape index (κ1) is 19.9. The van der Waals surface area contributed by atoms with E-state index in [4.69, 9.17) is 20.6 Å². The molecule has 0 unspecified atom stereocenters. The number of fused-ring (bicyclic) bond motifs is 1. The predicted octanol–water partition coefficient (Wildman–Crippen LogP) is 3.75.